The van der Waals surface area contributed by atoms with Crippen LogP contribution in [-0.4, -0.2) is 19.5 Å². The zero-order chi connectivity index (χ0) is 20.3. The van der Waals surface area contributed by atoms with Crippen molar-refractivity contribution in [1.29, 1.82) is 0 Å². The molecular formula is C24H28N2OSi. The van der Waals surface area contributed by atoms with Gasteiger partial charge < -0.3 is 4.42 Å². The van der Waals surface area contributed by atoms with E-state index in [1.807, 2.05) is 38.1 Å². The quantitative estimate of drug-likeness (QED) is 0.367. The first-order chi connectivity index (χ1) is 13.2. The second kappa shape index (κ2) is 8.11. The molecule has 0 unspecified atom stereocenters. The fourth-order valence-corrected chi connectivity index (χ4v) is 4.05. The molecule has 0 aliphatic heterocycles. The summed E-state index contributed by atoms with van der Waals surface area (Å²) in [5, 5.41) is 1.44. The van der Waals surface area contributed by atoms with E-state index >= 15 is 0 Å². The van der Waals surface area contributed by atoms with Crippen LogP contribution in [0.1, 0.15) is 30.9 Å². The van der Waals surface area contributed by atoms with Gasteiger partial charge in [-0.3, -0.25) is 0 Å². The lowest BCUT2D eigenvalue weighted by Gasteiger charge is -2.16. The smallest absolute Gasteiger partial charge is 0.148 e. The Balaban J connectivity index is 1.78. The Morgan fingerprint density at radius 1 is 0.679 bits per heavy atom. The lowest BCUT2D eigenvalue weighted by atomic mass is 10.2. The van der Waals surface area contributed by atoms with Crippen LogP contribution in [0.3, 0.4) is 0 Å². The topological polar surface area (TPSA) is 37.9 Å². The van der Waals surface area contributed by atoms with E-state index in [2.05, 4.69) is 68.0 Å². The van der Waals surface area contributed by atoms with Crippen molar-refractivity contribution in [2.75, 3.05) is 0 Å². The summed E-state index contributed by atoms with van der Waals surface area (Å²) in [6.45, 7) is 13.1. The van der Waals surface area contributed by atoms with Gasteiger partial charge in [-0.2, -0.15) is 0 Å². The van der Waals surface area contributed by atoms with Gasteiger partial charge in [0, 0.05) is 0 Å². The molecule has 144 valence electrons. The third-order valence-corrected chi connectivity index (χ3v) is 6.75. The Labute approximate surface area is 168 Å². The Morgan fingerprint density at radius 2 is 1.11 bits per heavy atom. The average Bonchev–Trinajstić information content (AvgIpc) is 3.14. The van der Waals surface area contributed by atoms with Crippen LogP contribution in [0.25, 0.3) is 0 Å². The number of benzene rings is 2. The lowest BCUT2D eigenvalue weighted by Crippen LogP contribution is -2.37. The highest BCUT2D eigenvalue weighted by molar-refractivity contribution is 6.88. The standard InChI is InChI=1S/C24H28N2OSi/c1-17-7-9-20(10-8-17)25-18(2)23-15-16-24(27-23)19(3)26-21-11-13-22(14-12-21)28(4,5)6/h7-16H,1-6H3. The van der Waals surface area contributed by atoms with Crippen molar-refractivity contribution in [1.82, 2.24) is 0 Å². The second-order valence-corrected chi connectivity index (χ2v) is 13.3. The van der Waals surface area contributed by atoms with E-state index < -0.39 is 8.07 Å². The van der Waals surface area contributed by atoms with Crippen LogP contribution in [0.2, 0.25) is 19.6 Å². The molecule has 3 aromatic rings. The molecule has 1 heterocycles. The second-order valence-electron chi connectivity index (χ2n) is 8.19. The van der Waals surface area contributed by atoms with E-state index in [0.29, 0.717) is 0 Å². The number of nitrogens with zero attached hydrogens (tertiary/aromatic N) is 2. The summed E-state index contributed by atoms with van der Waals surface area (Å²) < 4.78 is 6.00. The van der Waals surface area contributed by atoms with E-state index in [0.717, 1.165) is 34.3 Å². The maximum Gasteiger partial charge on any atom is 0.148 e. The maximum absolute atomic E-state index is 6.00. The van der Waals surface area contributed by atoms with Gasteiger partial charge in [0.1, 0.15) is 11.5 Å². The third-order valence-electron chi connectivity index (χ3n) is 4.68. The number of rotatable bonds is 5. The number of furan rings is 1. The minimum absolute atomic E-state index is 0.763. The molecular weight excluding hydrogens is 360 g/mol. The molecule has 0 radical (unpaired) electrons. The van der Waals surface area contributed by atoms with Gasteiger partial charge in [-0.05, 0) is 57.2 Å². The molecule has 0 atom stereocenters. The molecule has 0 bridgehead atoms. The summed E-state index contributed by atoms with van der Waals surface area (Å²) in [6.07, 6.45) is 0. The molecule has 3 rings (SSSR count). The minimum atomic E-state index is -1.29. The molecule has 0 aliphatic rings. The summed E-state index contributed by atoms with van der Waals surface area (Å²) in [5.74, 6) is 1.53. The molecule has 0 saturated carbocycles. The summed E-state index contributed by atoms with van der Waals surface area (Å²) in [5.41, 5.74) is 4.80. The highest BCUT2D eigenvalue weighted by Crippen LogP contribution is 2.19. The van der Waals surface area contributed by atoms with Crippen LogP contribution in [0.15, 0.2) is 75.1 Å². The minimum Gasteiger partial charge on any atom is -0.454 e. The SMILES string of the molecule is CC(=Nc1ccc(C)cc1)c1ccc(C(C)=Nc2ccc([Si](C)(C)C)cc2)o1. The molecule has 28 heavy (non-hydrogen) atoms. The number of hydrogen-bond donors (Lipinski definition) is 0. The van der Waals surface area contributed by atoms with Crippen LogP contribution in [0.5, 0.6) is 0 Å². The van der Waals surface area contributed by atoms with Gasteiger partial charge in [-0.1, -0.05) is 54.7 Å². The van der Waals surface area contributed by atoms with Gasteiger partial charge in [-0.25, -0.2) is 9.98 Å². The number of hydrogen-bond acceptors (Lipinski definition) is 3. The Morgan fingerprint density at radius 3 is 1.54 bits per heavy atom. The predicted octanol–water partition coefficient (Wildman–Crippen LogP) is 6.41. The number of aliphatic imine (C=N–C) groups is 2. The fraction of sp³-hybridized carbons (Fsp3) is 0.250. The highest BCUT2D eigenvalue weighted by atomic mass is 28.3. The summed E-state index contributed by atoms with van der Waals surface area (Å²) in [6, 6.07) is 20.6. The summed E-state index contributed by atoms with van der Waals surface area (Å²) >= 11 is 0. The molecule has 0 amide bonds. The van der Waals surface area contributed by atoms with E-state index in [-0.39, 0.29) is 0 Å². The molecule has 0 fully saturated rings. The first kappa shape index (κ1) is 20.0. The van der Waals surface area contributed by atoms with Crippen molar-refractivity contribution in [3.8, 4) is 0 Å². The van der Waals surface area contributed by atoms with Gasteiger partial charge in [0.15, 0.2) is 0 Å². The van der Waals surface area contributed by atoms with Crippen molar-refractivity contribution in [2.45, 2.75) is 40.4 Å². The maximum atomic E-state index is 6.00. The van der Waals surface area contributed by atoms with Gasteiger partial charge in [0.05, 0.1) is 30.9 Å². The van der Waals surface area contributed by atoms with Crippen molar-refractivity contribution in [3.63, 3.8) is 0 Å². The summed E-state index contributed by atoms with van der Waals surface area (Å²) in [4.78, 5) is 9.36. The first-order valence-electron chi connectivity index (χ1n) is 9.61. The molecule has 0 saturated heterocycles. The Hall–Kier alpha value is -2.72. The lowest BCUT2D eigenvalue weighted by molar-refractivity contribution is 0.548. The zero-order valence-corrected chi connectivity index (χ0v) is 18.6. The van der Waals surface area contributed by atoms with Gasteiger partial charge in [0.2, 0.25) is 0 Å². The monoisotopic (exact) mass is 388 g/mol. The van der Waals surface area contributed by atoms with Gasteiger partial charge >= 0.3 is 0 Å². The Bertz CT molecular complexity index is 1000. The normalized spacial score (nSPS) is 13.1. The van der Waals surface area contributed by atoms with Crippen LogP contribution in [-0.2, 0) is 0 Å². The fourth-order valence-electron chi connectivity index (χ4n) is 2.88. The van der Waals surface area contributed by atoms with Crippen LogP contribution >= 0.6 is 0 Å². The van der Waals surface area contributed by atoms with Crippen molar-refractivity contribution in [2.24, 2.45) is 9.98 Å². The average molecular weight is 389 g/mol. The molecule has 0 spiro atoms. The van der Waals surface area contributed by atoms with E-state index in [1.54, 1.807) is 0 Å². The molecule has 0 aliphatic carbocycles. The van der Waals surface area contributed by atoms with E-state index in [4.69, 9.17) is 9.41 Å². The van der Waals surface area contributed by atoms with Crippen molar-refractivity contribution in [3.05, 3.63) is 77.7 Å². The molecule has 0 N–H and O–H groups in total. The molecule has 3 nitrogen and oxygen atoms in total. The van der Waals surface area contributed by atoms with E-state index in [9.17, 15) is 0 Å². The van der Waals surface area contributed by atoms with Crippen LogP contribution < -0.4 is 5.19 Å². The molecule has 2 aromatic carbocycles. The zero-order valence-electron chi connectivity index (χ0n) is 17.6. The Kier molecular flexibility index (Phi) is 5.80. The largest absolute Gasteiger partial charge is 0.454 e. The molecule has 4 heteroatoms. The predicted molar refractivity (Wildman–Crippen MR) is 123 cm³/mol. The molecule has 1 aromatic heterocycles. The van der Waals surface area contributed by atoms with Crippen LogP contribution in [0, 0.1) is 6.92 Å². The third kappa shape index (κ3) is 4.96. The van der Waals surface area contributed by atoms with Gasteiger partial charge in [-0.15, -0.1) is 0 Å². The van der Waals surface area contributed by atoms with Crippen molar-refractivity contribution >= 4 is 36.1 Å². The number of aryl methyl sites for hydroxylation is 1. The van der Waals surface area contributed by atoms with Gasteiger partial charge in [0.25, 0.3) is 0 Å². The highest BCUT2D eigenvalue weighted by Gasteiger charge is 2.15. The first-order valence-corrected chi connectivity index (χ1v) is 13.1. The van der Waals surface area contributed by atoms with Crippen LogP contribution in [0.4, 0.5) is 11.4 Å². The van der Waals surface area contributed by atoms with Crippen molar-refractivity contribution < 1.29 is 4.42 Å². The van der Waals surface area contributed by atoms with E-state index in [1.165, 1.54) is 10.8 Å². The summed E-state index contributed by atoms with van der Waals surface area (Å²) in [7, 11) is -1.29.